The van der Waals surface area contributed by atoms with E-state index in [0.29, 0.717) is 18.2 Å². The Balaban J connectivity index is 1.76. The molecule has 3 rings (SSSR count). The molecule has 1 aromatic carbocycles. The number of nitrogens with zero attached hydrogens (tertiary/aromatic N) is 5. The van der Waals surface area contributed by atoms with Gasteiger partial charge in [-0.25, -0.2) is 14.8 Å². The molecule has 1 amide bonds. The number of alkyl halides is 3. The van der Waals surface area contributed by atoms with Crippen molar-refractivity contribution in [2.24, 2.45) is 16.3 Å². The summed E-state index contributed by atoms with van der Waals surface area (Å²) in [6.45, 7) is 7.53. The number of rotatable bonds is 7. The van der Waals surface area contributed by atoms with E-state index >= 15 is 0 Å². The van der Waals surface area contributed by atoms with Gasteiger partial charge in [0.25, 0.3) is 0 Å². The Morgan fingerprint density at radius 1 is 1.49 bits per heavy atom. The van der Waals surface area contributed by atoms with Gasteiger partial charge in [-0.15, -0.1) is 0 Å². The predicted molar refractivity (Wildman–Crippen MR) is 127 cm³/mol. The normalized spacial score (nSPS) is 21.5. The van der Waals surface area contributed by atoms with Crippen LogP contribution >= 0.6 is 0 Å². The van der Waals surface area contributed by atoms with E-state index in [-0.39, 0.29) is 23.6 Å². The van der Waals surface area contributed by atoms with Crippen molar-refractivity contribution < 1.29 is 23.1 Å². The van der Waals surface area contributed by atoms with Gasteiger partial charge in [0.05, 0.1) is 29.0 Å². The molecule has 2 unspecified atom stereocenters. The fraction of sp³-hybridized carbons (Fsp3) is 0.440. The standard InChI is InChI=1S/C25H28F3N5O2/c1-4-22(25(26,27)28)30-13-17(2)33(23(34)35)14-19-6-5-9-24(3,11-19)15-32-16-31-20-8-7-18(12-29)10-21(20)32/h4,7-8,10,13,16,19H,1,5-6,9,11,14-15H2,2-3H3,(H,34,35)/b17-13+,30-22+. The number of nitriles is 1. The highest BCUT2D eigenvalue weighted by molar-refractivity contribution is 5.99. The van der Waals surface area contributed by atoms with Gasteiger partial charge in [0.1, 0.15) is 5.71 Å². The number of fused-ring (bicyclic) bond motifs is 1. The fourth-order valence-electron chi connectivity index (χ4n) is 4.79. The van der Waals surface area contributed by atoms with Crippen molar-refractivity contribution in [1.29, 1.82) is 5.26 Å². The Kier molecular flexibility index (Phi) is 7.68. The molecule has 1 fully saturated rings. The Hall–Kier alpha value is -3.61. The lowest BCUT2D eigenvalue weighted by Gasteiger charge is -2.40. The summed E-state index contributed by atoms with van der Waals surface area (Å²) in [5.41, 5.74) is 1.02. The van der Waals surface area contributed by atoms with Crippen molar-refractivity contribution in [3.8, 4) is 6.07 Å². The molecule has 1 aliphatic carbocycles. The van der Waals surface area contributed by atoms with Gasteiger partial charge in [0, 0.05) is 25.0 Å². The van der Waals surface area contributed by atoms with Crippen molar-refractivity contribution in [2.45, 2.75) is 52.3 Å². The predicted octanol–water partition coefficient (Wildman–Crippen LogP) is 6.14. The van der Waals surface area contributed by atoms with Crippen LogP contribution in [0.4, 0.5) is 18.0 Å². The number of aromatic nitrogens is 2. The van der Waals surface area contributed by atoms with Crippen molar-refractivity contribution >= 4 is 22.8 Å². The van der Waals surface area contributed by atoms with E-state index in [0.717, 1.165) is 47.8 Å². The highest BCUT2D eigenvalue weighted by Gasteiger charge is 2.35. The van der Waals surface area contributed by atoms with Gasteiger partial charge in [0.2, 0.25) is 0 Å². The highest BCUT2D eigenvalue weighted by Crippen LogP contribution is 2.41. The minimum atomic E-state index is -4.66. The Labute approximate surface area is 201 Å². The summed E-state index contributed by atoms with van der Waals surface area (Å²) in [7, 11) is 0. The maximum absolute atomic E-state index is 12.9. The molecule has 35 heavy (non-hydrogen) atoms. The lowest BCUT2D eigenvalue weighted by atomic mass is 9.70. The molecule has 1 heterocycles. The summed E-state index contributed by atoms with van der Waals surface area (Å²) >= 11 is 0. The zero-order valence-electron chi connectivity index (χ0n) is 19.7. The van der Waals surface area contributed by atoms with Crippen LogP contribution in [0.2, 0.25) is 0 Å². The van der Waals surface area contributed by atoms with E-state index in [1.54, 1.807) is 12.4 Å². The maximum atomic E-state index is 12.9. The Bertz CT molecular complexity index is 1210. The first kappa shape index (κ1) is 26.0. The summed E-state index contributed by atoms with van der Waals surface area (Å²) in [4.78, 5) is 20.8. The first-order valence-electron chi connectivity index (χ1n) is 11.3. The fourth-order valence-corrected chi connectivity index (χ4v) is 4.79. The lowest BCUT2D eigenvalue weighted by Crippen LogP contribution is -2.38. The van der Waals surface area contributed by atoms with E-state index in [1.165, 1.54) is 6.92 Å². The number of carbonyl (C=O) groups is 1. The molecule has 0 saturated heterocycles. The summed E-state index contributed by atoms with van der Waals surface area (Å²) < 4.78 is 40.7. The molecule has 7 nitrogen and oxygen atoms in total. The molecule has 186 valence electrons. The summed E-state index contributed by atoms with van der Waals surface area (Å²) in [6, 6.07) is 7.50. The molecular formula is C25H28F3N5O2. The number of allylic oxidation sites excluding steroid dienone is 2. The summed E-state index contributed by atoms with van der Waals surface area (Å²) in [5.74, 6) is 0.0307. The van der Waals surface area contributed by atoms with Crippen LogP contribution in [0.1, 0.15) is 45.1 Å². The van der Waals surface area contributed by atoms with Gasteiger partial charge < -0.3 is 9.67 Å². The molecule has 1 saturated carbocycles. The number of amides is 1. The first-order chi connectivity index (χ1) is 16.5. The Morgan fingerprint density at radius 2 is 2.23 bits per heavy atom. The number of hydrogen-bond acceptors (Lipinski definition) is 4. The number of benzene rings is 1. The van der Waals surface area contributed by atoms with Crippen LogP contribution in [0.5, 0.6) is 0 Å². The van der Waals surface area contributed by atoms with E-state index in [4.69, 9.17) is 0 Å². The Morgan fingerprint density at radius 3 is 2.86 bits per heavy atom. The first-order valence-corrected chi connectivity index (χ1v) is 11.3. The van der Waals surface area contributed by atoms with Crippen LogP contribution in [0.15, 0.2) is 54.1 Å². The van der Waals surface area contributed by atoms with Crippen molar-refractivity contribution in [1.82, 2.24) is 14.5 Å². The third-order valence-electron chi connectivity index (χ3n) is 6.45. The van der Waals surface area contributed by atoms with Gasteiger partial charge >= 0.3 is 12.3 Å². The molecule has 10 heteroatoms. The minimum absolute atomic E-state index is 0.0307. The smallest absolute Gasteiger partial charge is 0.433 e. The third-order valence-corrected chi connectivity index (χ3v) is 6.45. The zero-order valence-corrected chi connectivity index (χ0v) is 19.7. The van der Waals surface area contributed by atoms with Crippen molar-refractivity contribution in [3.05, 3.63) is 54.6 Å². The van der Waals surface area contributed by atoms with Crippen LogP contribution in [-0.2, 0) is 6.54 Å². The van der Waals surface area contributed by atoms with Crippen molar-refractivity contribution in [3.63, 3.8) is 0 Å². The van der Waals surface area contributed by atoms with Crippen LogP contribution in [0.25, 0.3) is 11.0 Å². The molecule has 1 N–H and O–H groups in total. The average molecular weight is 488 g/mol. The highest BCUT2D eigenvalue weighted by atomic mass is 19.4. The molecule has 0 aliphatic heterocycles. The van der Waals surface area contributed by atoms with Gasteiger partial charge in [-0.1, -0.05) is 19.9 Å². The number of imidazole rings is 1. The number of carboxylic acid groups (broad SMARTS) is 1. The maximum Gasteiger partial charge on any atom is 0.433 e. The number of halogens is 3. The molecule has 2 atom stereocenters. The minimum Gasteiger partial charge on any atom is -0.465 e. The van der Waals surface area contributed by atoms with E-state index in [9.17, 15) is 28.3 Å². The molecule has 1 aliphatic rings. The van der Waals surface area contributed by atoms with Gasteiger partial charge in [-0.05, 0) is 61.8 Å². The van der Waals surface area contributed by atoms with Crippen LogP contribution in [-0.4, -0.2) is 44.1 Å². The third kappa shape index (κ3) is 6.29. The molecule has 0 bridgehead atoms. The molecule has 1 aromatic heterocycles. The summed E-state index contributed by atoms with van der Waals surface area (Å²) in [5, 5.41) is 18.9. The monoisotopic (exact) mass is 487 g/mol. The van der Waals surface area contributed by atoms with Crippen LogP contribution < -0.4 is 0 Å². The van der Waals surface area contributed by atoms with E-state index < -0.39 is 18.0 Å². The van der Waals surface area contributed by atoms with Crippen molar-refractivity contribution in [2.75, 3.05) is 6.54 Å². The molecule has 2 aromatic rings. The van der Waals surface area contributed by atoms with Crippen LogP contribution in [0, 0.1) is 22.7 Å². The van der Waals surface area contributed by atoms with Crippen LogP contribution in [0.3, 0.4) is 0 Å². The lowest BCUT2D eigenvalue weighted by molar-refractivity contribution is -0.0576. The topological polar surface area (TPSA) is 94.5 Å². The quantitative estimate of drug-likeness (QED) is 0.475. The number of hydrogen-bond donors (Lipinski definition) is 1. The average Bonchev–Trinajstić information content (AvgIpc) is 3.17. The number of aliphatic imine (C=N–C) groups is 1. The van der Waals surface area contributed by atoms with Gasteiger partial charge in [0.15, 0.2) is 0 Å². The zero-order chi connectivity index (χ0) is 25.8. The van der Waals surface area contributed by atoms with Gasteiger partial charge in [-0.3, -0.25) is 4.90 Å². The molecule has 0 radical (unpaired) electrons. The second-order valence-electron chi connectivity index (χ2n) is 9.34. The van der Waals surface area contributed by atoms with Gasteiger partial charge in [-0.2, -0.15) is 18.4 Å². The molecule has 0 spiro atoms. The second-order valence-corrected chi connectivity index (χ2v) is 9.34. The summed E-state index contributed by atoms with van der Waals surface area (Å²) in [6.07, 6.45) is 0.785. The second kappa shape index (κ2) is 10.3. The SMILES string of the molecule is C=C/C(=N\C=C(/C)N(CC1CCCC(C)(Cn2cnc3ccc(C#N)cc32)C1)C(=O)O)C(F)(F)F. The van der Waals surface area contributed by atoms with E-state index in [1.807, 2.05) is 16.7 Å². The molecular weight excluding hydrogens is 459 g/mol. The van der Waals surface area contributed by atoms with E-state index in [2.05, 4.69) is 29.5 Å². The largest absolute Gasteiger partial charge is 0.465 e.